The van der Waals surface area contributed by atoms with E-state index in [1.807, 2.05) is 0 Å². The highest BCUT2D eigenvalue weighted by Gasteiger charge is 2.29. The van der Waals surface area contributed by atoms with Gasteiger partial charge in [0.1, 0.15) is 0 Å². The molecule has 0 saturated carbocycles. The molecule has 0 aliphatic carbocycles. The zero-order valence-electron chi connectivity index (χ0n) is 13.8. The lowest BCUT2D eigenvalue weighted by atomic mass is 9.74. The topological polar surface area (TPSA) is 12.0 Å². The number of benzene rings is 1. The highest BCUT2D eigenvalue weighted by atomic mass is 15.0. The van der Waals surface area contributed by atoms with Crippen LogP contribution in [-0.2, 0) is 6.42 Å². The molecule has 0 aliphatic heterocycles. The maximum atomic E-state index is 3.68. The van der Waals surface area contributed by atoms with Gasteiger partial charge in [-0.15, -0.1) is 0 Å². The standard InChI is InChI=1S/C18H31N/c1-14(2)18(7,13-19-17(4,5)6)12-16-10-8-15(3)9-11-16/h8-11,14,19H,12-13H2,1-7H3. The molecular weight excluding hydrogens is 230 g/mol. The molecule has 1 unspecified atom stereocenters. The van der Waals surface area contributed by atoms with Gasteiger partial charge in [-0.2, -0.15) is 0 Å². The zero-order valence-corrected chi connectivity index (χ0v) is 13.8. The number of nitrogens with one attached hydrogen (secondary N) is 1. The van der Waals surface area contributed by atoms with E-state index in [1.54, 1.807) is 0 Å². The lowest BCUT2D eigenvalue weighted by Gasteiger charge is -2.37. The summed E-state index contributed by atoms with van der Waals surface area (Å²) in [5.41, 5.74) is 3.26. The van der Waals surface area contributed by atoms with Crippen molar-refractivity contribution in [2.45, 2.75) is 60.4 Å². The molecule has 0 bridgehead atoms. The van der Waals surface area contributed by atoms with Gasteiger partial charge in [-0.25, -0.2) is 0 Å². The zero-order chi connectivity index (χ0) is 14.7. The summed E-state index contributed by atoms with van der Waals surface area (Å²) in [6.45, 7) is 17.0. The molecule has 1 aromatic carbocycles. The van der Waals surface area contributed by atoms with Crippen molar-refractivity contribution < 1.29 is 0 Å². The molecule has 0 fully saturated rings. The Kier molecular flexibility index (Phi) is 5.20. The first-order chi connectivity index (χ1) is 8.62. The normalized spacial score (nSPS) is 15.6. The number of aryl methyl sites for hydroxylation is 1. The van der Waals surface area contributed by atoms with Crippen LogP contribution in [0.4, 0.5) is 0 Å². The van der Waals surface area contributed by atoms with E-state index in [9.17, 15) is 0 Å². The smallest absolute Gasteiger partial charge is 0.00967 e. The van der Waals surface area contributed by atoms with Crippen LogP contribution in [0, 0.1) is 18.3 Å². The van der Waals surface area contributed by atoms with Crippen molar-refractivity contribution in [3.05, 3.63) is 35.4 Å². The lowest BCUT2D eigenvalue weighted by Crippen LogP contribution is -2.45. The Morgan fingerprint density at radius 1 is 1.00 bits per heavy atom. The molecule has 0 radical (unpaired) electrons. The average molecular weight is 261 g/mol. The monoisotopic (exact) mass is 261 g/mol. The van der Waals surface area contributed by atoms with Gasteiger partial charge in [-0.3, -0.25) is 0 Å². The Labute approximate surface area is 119 Å². The quantitative estimate of drug-likeness (QED) is 0.817. The van der Waals surface area contributed by atoms with E-state index < -0.39 is 0 Å². The van der Waals surface area contributed by atoms with Gasteiger partial charge in [0, 0.05) is 12.1 Å². The third-order valence-electron chi connectivity index (χ3n) is 4.14. The first-order valence-electron chi connectivity index (χ1n) is 7.43. The van der Waals surface area contributed by atoms with Crippen molar-refractivity contribution in [1.82, 2.24) is 5.32 Å². The SMILES string of the molecule is Cc1ccc(CC(C)(CNC(C)(C)C)C(C)C)cc1. The first-order valence-corrected chi connectivity index (χ1v) is 7.43. The van der Waals surface area contributed by atoms with Gasteiger partial charge in [-0.05, 0) is 51.0 Å². The Morgan fingerprint density at radius 2 is 1.53 bits per heavy atom. The molecule has 108 valence electrons. The Hall–Kier alpha value is -0.820. The van der Waals surface area contributed by atoms with E-state index in [-0.39, 0.29) is 5.54 Å². The summed E-state index contributed by atoms with van der Waals surface area (Å²) in [5, 5.41) is 3.68. The van der Waals surface area contributed by atoms with E-state index in [4.69, 9.17) is 0 Å². The predicted molar refractivity (Wildman–Crippen MR) is 85.6 cm³/mol. The molecular formula is C18H31N. The van der Waals surface area contributed by atoms with E-state index >= 15 is 0 Å². The van der Waals surface area contributed by atoms with Crippen molar-refractivity contribution >= 4 is 0 Å². The van der Waals surface area contributed by atoms with Crippen molar-refractivity contribution in [2.75, 3.05) is 6.54 Å². The third-order valence-corrected chi connectivity index (χ3v) is 4.14. The van der Waals surface area contributed by atoms with Crippen LogP contribution in [0.2, 0.25) is 0 Å². The molecule has 0 saturated heterocycles. The van der Waals surface area contributed by atoms with Gasteiger partial charge in [0.2, 0.25) is 0 Å². The largest absolute Gasteiger partial charge is 0.312 e. The van der Waals surface area contributed by atoms with Gasteiger partial charge in [-0.1, -0.05) is 50.6 Å². The van der Waals surface area contributed by atoms with Gasteiger partial charge in [0.25, 0.3) is 0 Å². The Balaban J connectivity index is 2.79. The fraction of sp³-hybridized carbons (Fsp3) is 0.667. The van der Waals surface area contributed by atoms with Crippen LogP contribution >= 0.6 is 0 Å². The summed E-state index contributed by atoms with van der Waals surface area (Å²) in [5.74, 6) is 0.656. The fourth-order valence-electron chi connectivity index (χ4n) is 2.11. The van der Waals surface area contributed by atoms with E-state index in [2.05, 4.69) is 78.0 Å². The summed E-state index contributed by atoms with van der Waals surface area (Å²) < 4.78 is 0. The van der Waals surface area contributed by atoms with Crippen LogP contribution in [0.15, 0.2) is 24.3 Å². The van der Waals surface area contributed by atoms with E-state index in [0.717, 1.165) is 13.0 Å². The number of rotatable bonds is 5. The van der Waals surface area contributed by atoms with E-state index in [1.165, 1.54) is 11.1 Å². The predicted octanol–water partition coefficient (Wildman–Crippen LogP) is 4.59. The second kappa shape index (κ2) is 6.09. The summed E-state index contributed by atoms with van der Waals surface area (Å²) in [7, 11) is 0. The van der Waals surface area contributed by atoms with Gasteiger partial charge >= 0.3 is 0 Å². The average Bonchev–Trinajstić information content (AvgIpc) is 2.29. The van der Waals surface area contributed by atoms with E-state index in [0.29, 0.717) is 11.3 Å². The minimum Gasteiger partial charge on any atom is -0.312 e. The van der Waals surface area contributed by atoms with Crippen molar-refractivity contribution in [2.24, 2.45) is 11.3 Å². The molecule has 1 aromatic rings. The minimum absolute atomic E-state index is 0.184. The van der Waals surface area contributed by atoms with Crippen LogP contribution < -0.4 is 5.32 Å². The summed E-state index contributed by atoms with van der Waals surface area (Å²) in [4.78, 5) is 0. The van der Waals surface area contributed by atoms with Gasteiger partial charge in [0.15, 0.2) is 0 Å². The molecule has 0 amide bonds. The maximum absolute atomic E-state index is 3.68. The molecule has 0 spiro atoms. The summed E-state index contributed by atoms with van der Waals surface area (Å²) in [6, 6.07) is 8.97. The lowest BCUT2D eigenvalue weighted by molar-refractivity contribution is 0.188. The third kappa shape index (κ3) is 5.36. The van der Waals surface area contributed by atoms with Crippen molar-refractivity contribution in [3.8, 4) is 0 Å². The van der Waals surface area contributed by atoms with Crippen molar-refractivity contribution in [1.29, 1.82) is 0 Å². The van der Waals surface area contributed by atoms with Crippen LogP contribution in [0.25, 0.3) is 0 Å². The maximum Gasteiger partial charge on any atom is 0.00967 e. The molecule has 1 N–H and O–H groups in total. The van der Waals surface area contributed by atoms with Crippen LogP contribution in [0.3, 0.4) is 0 Å². The molecule has 1 atom stereocenters. The Morgan fingerprint density at radius 3 is 1.95 bits per heavy atom. The molecule has 0 aromatic heterocycles. The Bertz CT molecular complexity index is 383. The molecule has 1 nitrogen and oxygen atoms in total. The minimum atomic E-state index is 0.184. The highest BCUT2D eigenvalue weighted by Crippen LogP contribution is 2.31. The molecule has 0 aliphatic rings. The molecule has 1 rings (SSSR count). The summed E-state index contributed by atoms with van der Waals surface area (Å²) in [6.07, 6.45) is 1.13. The van der Waals surface area contributed by atoms with Crippen LogP contribution in [0.1, 0.15) is 52.7 Å². The second-order valence-corrected chi connectivity index (χ2v) is 7.57. The second-order valence-electron chi connectivity index (χ2n) is 7.57. The number of hydrogen-bond acceptors (Lipinski definition) is 1. The van der Waals surface area contributed by atoms with Crippen molar-refractivity contribution in [3.63, 3.8) is 0 Å². The summed E-state index contributed by atoms with van der Waals surface area (Å²) >= 11 is 0. The van der Waals surface area contributed by atoms with Gasteiger partial charge < -0.3 is 5.32 Å². The van der Waals surface area contributed by atoms with Crippen LogP contribution in [-0.4, -0.2) is 12.1 Å². The first kappa shape index (κ1) is 16.2. The molecule has 0 heterocycles. The molecule has 19 heavy (non-hydrogen) atoms. The van der Waals surface area contributed by atoms with Gasteiger partial charge in [0.05, 0.1) is 0 Å². The highest BCUT2D eigenvalue weighted by molar-refractivity contribution is 5.22. The molecule has 1 heteroatoms. The fourth-order valence-corrected chi connectivity index (χ4v) is 2.11. The van der Waals surface area contributed by atoms with Crippen LogP contribution in [0.5, 0.6) is 0 Å². The number of hydrogen-bond donors (Lipinski definition) is 1.